The summed E-state index contributed by atoms with van der Waals surface area (Å²) in [5.41, 5.74) is 1.26. The standard InChI is InChI=1S/C12H16N2S/c1-10-5-8-15-12(10)11(9-13)14-6-3-2-4-7-14/h5,8,11H,2-4,6-7H2,1H3. The van der Waals surface area contributed by atoms with Crippen LogP contribution in [0.3, 0.4) is 0 Å². The predicted molar refractivity (Wildman–Crippen MR) is 62.8 cm³/mol. The molecule has 1 aromatic heterocycles. The van der Waals surface area contributed by atoms with Gasteiger partial charge in [0.2, 0.25) is 0 Å². The monoisotopic (exact) mass is 220 g/mol. The van der Waals surface area contributed by atoms with E-state index in [-0.39, 0.29) is 6.04 Å². The van der Waals surface area contributed by atoms with Crippen LogP contribution in [0.25, 0.3) is 0 Å². The Morgan fingerprint density at radius 1 is 1.40 bits per heavy atom. The van der Waals surface area contributed by atoms with E-state index in [1.54, 1.807) is 11.3 Å². The molecule has 0 aliphatic carbocycles. The molecule has 1 aliphatic heterocycles. The van der Waals surface area contributed by atoms with Crippen LogP contribution in [-0.2, 0) is 0 Å². The fourth-order valence-electron chi connectivity index (χ4n) is 2.15. The maximum atomic E-state index is 9.29. The molecule has 80 valence electrons. The Kier molecular flexibility index (Phi) is 3.40. The van der Waals surface area contributed by atoms with Gasteiger partial charge < -0.3 is 0 Å². The van der Waals surface area contributed by atoms with E-state index in [9.17, 15) is 5.26 Å². The fraction of sp³-hybridized carbons (Fsp3) is 0.583. The number of aryl methyl sites for hydroxylation is 1. The molecule has 0 N–H and O–H groups in total. The molecule has 1 unspecified atom stereocenters. The highest BCUT2D eigenvalue weighted by atomic mass is 32.1. The minimum absolute atomic E-state index is 0.00898. The van der Waals surface area contributed by atoms with E-state index >= 15 is 0 Å². The number of hydrogen-bond acceptors (Lipinski definition) is 3. The lowest BCUT2D eigenvalue weighted by atomic mass is 10.1. The number of rotatable bonds is 2. The van der Waals surface area contributed by atoms with Crippen molar-refractivity contribution in [2.45, 2.75) is 32.2 Å². The van der Waals surface area contributed by atoms with Crippen molar-refractivity contribution in [3.8, 4) is 6.07 Å². The van der Waals surface area contributed by atoms with Crippen LogP contribution < -0.4 is 0 Å². The SMILES string of the molecule is Cc1ccsc1C(C#N)N1CCCCC1. The van der Waals surface area contributed by atoms with E-state index in [0.29, 0.717) is 0 Å². The van der Waals surface area contributed by atoms with Crippen LogP contribution in [0.15, 0.2) is 11.4 Å². The Morgan fingerprint density at radius 3 is 2.67 bits per heavy atom. The summed E-state index contributed by atoms with van der Waals surface area (Å²) in [5.74, 6) is 0. The van der Waals surface area contributed by atoms with Crippen LogP contribution in [-0.4, -0.2) is 18.0 Å². The second kappa shape index (κ2) is 4.78. The van der Waals surface area contributed by atoms with Crippen molar-refractivity contribution in [2.75, 3.05) is 13.1 Å². The largest absolute Gasteiger partial charge is 0.284 e. The molecule has 0 radical (unpaired) electrons. The second-order valence-corrected chi connectivity index (χ2v) is 5.04. The molecule has 1 atom stereocenters. The molecule has 1 saturated heterocycles. The van der Waals surface area contributed by atoms with Gasteiger partial charge in [0.25, 0.3) is 0 Å². The van der Waals surface area contributed by atoms with Gasteiger partial charge in [0.05, 0.1) is 6.07 Å². The maximum absolute atomic E-state index is 9.29. The molecular formula is C12H16N2S. The second-order valence-electron chi connectivity index (χ2n) is 4.10. The molecular weight excluding hydrogens is 204 g/mol. The van der Waals surface area contributed by atoms with Gasteiger partial charge in [-0.05, 0) is 49.9 Å². The molecule has 3 heteroatoms. The summed E-state index contributed by atoms with van der Waals surface area (Å²) in [6, 6.07) is 4.55. The van der Waals surface area contributed by atoms with E-state index in [1.807, 2.05) is 0 Å². The third kappa shape index (κ3) is 2.22. The molecule has 15 heavy (non-hydrogen) atoms. The number of piperidine rings is 1. The summed E-state index contributed by atoms with van der Waals surface area (Å²) < 4.78 is 0. The molecule has 2 nitrogen and oxygen atoms in total. The quantitative estimate of drug-likeness (QED) is 0.765. The summed E-state index contributed by atoms with van der Waals surface area (Å²) in [6.45, 7) is 4.26. The molecule has 1 aliphatic rings. The van der Waals surface area contributed by atoms with Crippen LogP contribution in [0.1, 0.15) is 35.7 Å². The Balaban J connectivity index is 2.17. The van der Waals surface area contributed by atoms with Gasteiger partial charge in [0.1, 0.15) is 6.04 Å². The van der Waals surface area contributed by atoms with Crippen molar-refractivity contribution in [1.29, 1.82) is 5.26 Å². The summed E-state index contributed by atoms with van der Waals surface area (Å²) in [4.78, 5) is 3.56. The zero-order chi connectivity index (χ0) is 10.7. The van der Waals surface area contributed by atoms with Gasteiger partial charge in [-0.3, -0.25) is 4.90 Å². The minimum Gasteiger partial charge on any atom is -0.284 e. The van der Waals surface area contributed by atoms with Crippen molar-refractivity contribution in [3.05, 3.63) is 21.9 Å². The van der Waals surface area contributed by atoms with Gasteiger partial charge in [-0.25, -0.2) is 0 Å². The van der Waals surface area contributed by atoms with Crippen LogP contribution in [0.5, 0.6) is 0 Å². The lowest BCUT2D eigenvalue weighted by Gasteiger charge is -2.30. The molecule has 2 heterocycles. The first-order valence-corrected chi connectivity index (χ1v) is 6.38. The third-order valence-corrected chi connectivity index (χ3v) is 4.10. The number of likely N-dealkylation sites (tertiary alicyclic amines) is 1. The van der Waals surface area contributed by atoms with Crippen molar-refractivity contribution < 1.29 is 0 Å². The highest BCUT2D eigenvalue weighted by molar-refractivity contribution is 7.10. The van der Waals surface area contributed by atoms with Crippen molar-refractivity contribution in [3.63, 3.8) is 0 Å². The highest BCUT2D eigenvalue weighted by Gasteiger charge is 2.23. The van der Waals surface area contributed by atoms with Crippen molar-refractivity contribution in [2.24, 2.45) is 0 Å². The highest BCUT2D eigenvalue weighted by Crippen LogP contribution is 2.30. The Hall–Kier alpha value is -0.850. The van der Waals surface area contributed by atoms with Gasteiger partial charge in [-0.1, -0.05) is 6.42 Å². The normalized spacial score (nSPS) is 19.7. The lowest BCUT2D eigenvalue weighted by molar-refractivity contribution is 0.198. The fourth-order valence-corrected chi connectivity index (χ4v) is 3.15. The van der Waals surface area contributed by atoms with E-state index < -0.39 is 0 Å². The minimum atomic E-state index is -0.00898. The number of nitriles is 1. The number of nitrogens with zero attached hydrogens (tertiary/aromatic N) is 2. The molecule has 0 bridgehead atoms. The third-order valence-electron chi connectivity index (χ3n) is 3.03. The summed E-state index contributed by atoms with van der Waals surface area (Å²) in [5, 5.41) is 11.4. The maximum Gasteiger partial charge on any atom is 0.133 e. The van der Waals surface area contributed by atoms with Crippen LogP contribution in [0.2, 0.25) is 0 Å². The number of hydrogen-bond donors (Lipinski definition) is 0. The molecule has 1 aromatic rings. The van der Waals surface area contributed by atoms with E-state index in [0.717, 1.165) is 13.1 Å². The van der Waals surface area contributed by atoms with E-state index in [1.165, 1.54) is 29.7 Å². The van der Waals surface area contributed by atoms with E-state index in [4.69, 9.17) is 0 Å². The predicted octanol–water partition coefficient (Wildman–Crippen LogP) is 3.11. The van der Waals surface area contributed by atoms with Gasteiger partial charge in [-0.15, -0.1) is 11.3 Å². The Bertz CT molecular complexity index is 358. The molecule has 0 amide bonds. The average molecular weight is 220 g/mol. The molecule has 0 aromatic carbocycles. The Labute approximate surface area is 95.1 Å². The first kappa shape index (κ1) is 10.7. The van der Waals surface area contributed by atoms with Gasteiger partial charge >= 0.3 is 0 Å². The van der Waals surface area contributed by atoms with E-state index in [2.05, 4.69) is 29.3 Å². The van der Waals surface area contributed by atoms with Gasteiger partial charge in [0, 0.05) is 4.88 Å². The summed E-state index contributed by atoms with van der Waals surface area (Å²) in [7, 11) is 0. The zero-order valence-corrected chi connectivity index (χ0v) is 9.89. The van der Waals surface area contributed by atoms with Crippen LogP contribution >= 0.6 is 11.3 Å². The van der Waals surface area contributed by atoms with Crippen molar-refractivity contribution in [1.82, 2.24) is 4.90 Å². The molecule has 2 rings (SSSR count). The average Bonchev–Trinajstić information content (AvgIpc) is 2.68. The molecule has 1 fully saturated rings. The summed E-state index contributed by atoms with van der Waals surface area (Å²) in [6.07, 6.45) is 3.79. The van der Waals surface area contributed by atoms with Gasteiger partial charge in [0.15, 0.2) is 0 Å². The topological polar surface area (TPSA) is 27.0 Å². The molecule has 0 saturated carbocycles. The first-order chi connectivity index (χ1) is 7.33. The summed E-state index contributed by atoms with van der Waals surface area (Å²) >= 11 is 1.71. The number of thiophene rings is 1. The zero-order valence-electron chi connectivity index (χ0n) is 9.07. The van der Waals surface area contributed by atoms with Gasteiger partial charge in [-0.2, -0.15) is 5.26 Å². The Morgan fingerprint density at radius 2 is 2.13 bits per heavy atom. The molecule has 0 spiro atoms. The lowest BCUT2D eigenvalue weighted by Crippen LogP contribution is -2.32. The van der Waals surface area contributed by atoms with Crippen LogP contribution in [0, 0.1) is 18.3 Å². The van der Waals surface area contributed by atoms with Crippen LogP contribution in [0.4, 0.5) is 0 Å². The van der Waals surface area contributed by atoms with Crippen molar-refractivity contribution >= 4 is 11.3 Å². The first-order valence-electron chi connectivity index (χ1n) is 5.50. The smallest absolute Gasteiger partial charge is 0.133 e.